The van der Waals surface area contributed by atoms with Crippen LogP contribution in [0.25, 0.3) is 0 Å². The monoisotopic (exact) mass is 334 g/mol. The minimum atomic E-state index is -1.13. The number of aliphatic hydroxyl groups is 1. The second-order valence-corrected chi connectivity index (χ2v) is 5.14. The highest BCUT2D eigenvalue weighted by molar-refractivity contribution is 6.36. The van der Waals surface area contributed by atoms with Crippen LogP contribution in [0.4, 0.5) is 5.69 Å². The van der Waals surface area contributed by atoms with Crippen LogP contribution in [0.5, 0.6) is 0 Å². The molecule has 6 nitrogen and oxygen atoms in total. The summed E-state index contributed by atoms with van der Waals surface area (Å²) in [6.07, 6.45) is 0.161. The van der Waals surface area contributed by atoms with E-state index in [4.69, 9.17) is 33.4 Å². The highest BCUT2D eigenvalue weighted by atomic mass is 35.5. The molecule has 0 aromatic heterocycles. The molecule has 0 saturated heterocycles. The van der Waals surface area contributed by atoms with Crippen molar-refractivity contribution in [3.63, 3.8) is 0 Å². The third-order valence-electron chi connectivity index (χ3n) is 2.62. The third-order valence-corrected chi connectivity index (χ3v) is 3.17. The van der Waals surface area contributed by atoms with Crippen LogP contribution in [0, 0.1) is 0 Å². The van der Waals surface area contributed by atoms with Gasteiger partial charge in [-0.25, -0.2) is 0 Å². The van der Waals surface area contributed by atoms with E-state index in [0.717, 1.165) is 0 Å². The quantitative estimate of drug-likeness (QED) is 0.543. The molecular formula is C13H16Cl2N2O4. The average molecular weight is 335 g/mol. The predicted octanol–water partition coefficient (Wildman–Crippen LogP) is 1.75. The Bertz CT molecular complexity index is 511. The number of carbonyl (C=O) groups is 2. The molecule has 116 valence electrons. The fourth-order valence-electron chi connectivity index (χ4n) is 1.58. The number of carbonyl (C=O) groups excluding carboxylic acids is 1. The van der Waals surface area contributed by atoms with E-state index in [1.54, 1.807) is 6.07 Å². The van der Waals surface area contributed by atoms with Crippen LogP contribution in [-0.4, -0.2) is 41.3 Å². The average Bonchev–Trinajstić information content (AvgIpc) is 2.41. The molecule has 0 aliphatic heterocycles. The van der Waals surface area contributed by atoms with E-state index in [-0.39, 0.29) is 18.1 Å². The first kappa shape index (κ1) is 17.7. The Morgan fingerprint density at radius 1 is 1.29 bits per heavy atom. The van der Waals surface area contributed by atoms with Gasteiger partial charge in [0, 0.05) is 11.6 Å². The zero-order valence-corrected chi connectivity index (χ0v) is 12.6. The maximum Gasteiger partial charge on any atom is 0.321 e. The molecule has 0 saturated carbocycles. The number of aliphatic carboxylic acids is 1. The number of halogens is 2. The molecule has 1 aromatic rings. The highest BCUT2D eigenvalue weighted by Crippen LogP contribution is 2.25. The van der Waals surface area contributed by atoms with Crippen molar-refractivity contribution >= 4 is 40.8 Å². The summed E-state index contributed by atoms with van der Waals surface area (Å²) in [5, 5.41) is 23.6. The van der Waals surface area contributed by atoms with Gasteiger partial charge in [-0.3, -0.25) is 9.59 Å². The standard InChI is InChI=1S/C13H16Cl2N2O4/c14-8-2-3-10(9(15)6-8)17-12(19)7-11(13(20)21)16-4-1-5-18/h2-3,6,11,16,18H,1,4-5,7H2,(H,17,19)(H,20,21). The fraction of sp³-hybridized carbons (Fsp3) is 0.385. The molecular weight excluding hydrogens is 319 g/mol. The highest BCUT2D eigenvalue weighted by Gasteiger charge is 2.20. The van der Waals surface area contributed by atoms with Crippen molar-refractivity contribution in [1.82, 2.24) is 5.32 Å². The first-order valence-electron chi connectivity index (χ1n) is 6.26. The Morgan fingerprint density at radius 3 is 2.57 bits per heavy atom. The number of benzene rings is 1. The van der Waals surface area contributed by atoms with Crippen LogP contribution in [0.2, 0.25) is 10.0 Å². The Labute approximate surface area is 132 Å². The lowest BCUT2D eigenvalue weighted by Crippen LogP contribution is -2.40. The fourth-order valence-corrected chi connectivity index (χ4v) is 2.04. The van der Waals surface area contributed by atoms with Crippen molar-refractivity contribution in [3.8, 4) is 0 Å². The molecule has 1 unspecified atom stereocenters. The molecule has 1 amide bonds. The van der Waals surface area contributed by atoms with Crippen LogP contribution in [0.3, 0.4) is 0 Å². The van der Waals surface area contributed by atoms with Crippen LogP contribution in [0.15, 0.2) is 18.2 Å². The van der Waals surface area contributed by atoms with Gasteiger partial charge in [0.1, 0.15) is 6.04 Å². The van der Waals surface area contributed by atoms with Gasteiger partial charge >= 0.3 is 5.97 Å². The largest absolute Gasteiger partial charge is 0.480 e. The van der Waals surface area contributed by atoms with Crippen LogP contribution >= 0.6 is 23.2 Å². The van der Waals surface area contributed by atoms with Crippen molar-refractivity contribution in [3.05, 3.63) is 28.2 Å². The van der Waals surface area contributed by atoms with Gasteiger partial charge in [-0.2, -0.15) is 0 Å². The molecule has 0 aliphatic carbocycles. The van der Waals surface area contributed by atoms with Gasteiger partial charge < -0.3 is 20.8 Å². The number of carboxylic acid groups (broad SMARTS) is 1. The molecule has 0 heterocycles. The summed E-state index contributed by atoms with van der Waals surface area (Å²) >= 11 is 11.7. The number of anilines is 1. The van der Waals surface area contributed by atoms with Gasteiger partial charge in [0.2, 0.25) is 5.91 Å². The third kappa shape index (κ3) is 6.31. The van der Waals surface area contributed by atoms with E-state index < -0.39 is 17.9 Å². The van der Waals surface area contributed by atoms with Gasteiger partial charge in [-0.1, -0.05) is 23.2 Å². The number of hydrogen-bond donors (Lipinski definition) is 4. The van der Waals surface area contributed by atoms with Crippen molar-refractivity contribution in [1.29, 1.82) is 0 Å². The van der Waals surface area contributed by atoms with E-state index in [1.807, 2.05) is 0 Å². The van der Waals surface area contributed by atoms with Gasteiger partial charge in [-0.15, -0.1) is 0 Å². The smallest absolute Gasteiger partial charge is 0.321 e. The van der Waals surface area contributed by atoms with Crippen LogP contribution in [-0.2, 0) is 9.59 Å². The summed E-state index contributed by atoms with van der Waals surface area (Å²) < 4.78 is 0. The lowest BCUT2D eigenvalue weighted by Gasteiger charge is -2.14. The lowest BCUT2D eigenvalue weighted by molar-refractivity contribution is -0.141. The van der Waals surface area contributed by atoms with Crippen LogP contribution < -0.4 is 10.6 Å². The summed E-state index contributed by atoms with van der Waals surface area (Å²) in [4.78, 5) is 22.9. The number of rotatable bonds is 8. The van der Waals surface area contributed by atoms with E-state index in [0.29, 0.717) is 23.7 Å². The van der Waals surface area contributed by atoms with Crippen molar-refractivity contribution in [2.45, 2.75) is 18.9 Å². The Morgan fingerprint density at radius 2 is 2.00 bits per heavy atom. The van der Waals surface area contributed by atoms with E-state index in [2.05, 4.69) is 10.6 Å². The zero-order chi connectivity index (χ0) is 15.8. The second kappa shape index (κ2) is 8.84. The molecule has 1 aromatic carbocycles. The van der Waals surface area contributed by atoms with E-state index in [1.165, 1.54) is 12.1 Å². The summed E-state index contributed by atoms with van der Waals surface area (Å²) in [6, 6.07) is 3.56. The maximum atomic E-state index is 11.8. The second-order valence-electron chi connectivity index (χ2n) is 4.30. The molecule has 4 N–H and O–H groups in total. The summed E-state index contributed by atoms with van der Waals surface area (Å²) in [7, 11) is 0. The Hall–Kier alpha value is -1.34. The number of nitrogens with one attached hydrogen (secondary N) is 2. The molecule has 0 fully saturated rings. The van der Waals surface area contributed by atoms with Gasteiger partial charge in [0.15, 0.2) is 0 Å². The molecule has 0 radical (unpaired) electrons. The first-order valence-corrected chi connectivity index (χ1v) is 7.01. The summed E-state index contributed by atoms with van der Waals surface area (Å²) in [5.41, 5.74) is 0.366. The van der Waals surface area contributed by atoms with Gasteiger partial charge in [0.05, 0.1) is 17.1 Å². The van der Waals surface area contributed by atoms with E-state index >= 15 is 0 Å². The SMILES string of the molecule is O=C(CC(NCCCO)C(=O)O)Nc1ccc(Cl)cc1Cl. The first-order chi connectivity index (χ1) is 9.93. The molecule has 21 heavy (non-hydrogen) atoms. The van der Waals surface area contributed by atoms with Crippen LogP contribution in [0.1, 0.15) is 12.8 Å². The normalized spacial score (nSPS) is 12.0. The number of hydrogen-bond acceptors (Lipinski definition) is 4. The molecule has 0 spiro atoms. The minimum Gasteiger partial charge on any atom is -0.480 e. The van der Waals surface area contributed by atoms with E-state index in [9.17, 15) is 9.59 Å². The molecule has 1 rings (SSSR count). The maximum absolute atomic E-state index is 11.8. The van der Waals surface area contributed by atoms with Crippen molar-refractivity contribution in [2.24, 2.45) is 0 Å². The molecule has 8 heteroatoms. The number of aliphatic hydroxyl groups excluding tert-OH is 1. The van der Waals surface area contributed by atoms with Crippen molar-refractivity contribution in [2.75, 3.05) is 18.5 Å². The van der Waals surface area contributed by atoms with Gasteiger partial charge in [0.25, 0.3) is 0 Å². The van der Waals surface area contributed by atoms with Crippen molar-refractivity contribution < 1.29 is 19.8 Å². The molecule has 0 bridgehead atoms. The Balaban J connectivity index is 2.59. The molecule has 0 aliphatic rings. The predicted molar refractivity (Wildman–Crippen MR) is 80.8 cm³/mol. The Kier molecular flexibility index (Phi) is 7.45. The summed E-state index contributed by atoms with van der Waals surface area (Å²) in [5.74, 6) is -1.62. The topological polar surface area (TPSA) is 98.7 Å². The lowest BCUT2D eigenvalue weighted by atomic mass is 10.2. The summed E-state index contributed by atoms with van der Waals surface area (Å²) in [6.45, 7) is 0.258. The van der Waals surface area contributed by atoms with Gasteiger partial charge in [-0.05, 0) is 31.2 Å². The minimum absolute atomic E-state index is 0.0497. The number of amides is 1. The number of carboxylic acids is 1. The molecule has 1 atom stereocenters. The zero-order valence-electron chi connectivity index (χ0n) is 11.1.